The lowest BCUT2D eigenvalue weighted by Gasteiger charge is -2.30. The zero-order valence-corrected chi connectivity index (χ0v) is 12.6. The lowest BCUT2D eigenvalue weighted by Crippen LogP contribution is -2.37. The summed E-state index contributed by atoms with van der Waals surface area (Å²) in [7, 11) is 1.76. The Bertz CT molecular complexity index is 690. The first-order valence-corrected chi connectivity index (χ1v) is 7.16. The van der Waals surface area contributed by atoms with Crippen molar-refractivity contribution in [1.29, 1.82) is 0 Å². The van der Waals surface area contributed by atoms with Crippen molar-refractivity contribution in [3.05, 3.63) is 52.8 Å². The van der Waals surface area contributed by atoms with Crippen LogP contribution < -0.4 is 5.01 Å². The first-order chi connectivity index (χ1) is 10.3. The Labute approximate surface area is 127 Å². The molecule has 0 N–H and O–H groups in total. The Balaban J connectivity index is 1.97. The topological polar surface area (TPSA) is 21.1 Å². The average Bonchev–Trinajstić information content (AvgIpc) is 2.97. The van der Waals surface area contributed by atoms with Crippen LogP contribution in [0.1, 0.15) is 35.3 Å². The van der Waals surface area contributed by atoms with E-state index >= 15 is 0 Å². The van der Waals surface area contributed by atoms with E-state index in [0.29, 0.717) is 5.92 Å². The number of halogens is 3. The Kier molecular flexibility index (Phi) is 3.42. The van der Waals surface area contributed by atoms with Crippen LogP contribution in [-0.4, -0.2) is 16.9 Å². The highest BCUT2D eigenvalue weighted by Crippen LogP contribution is 2.39. The zero-order valence-electron chi connectivity index (χ0n) is 12.6. The summed E-state index contributed by atoms with van der Waals surface area (Å²) in [5, 5.41) is 5.43. The molecule has 0 saturated carbocycles. The number of alkyl halides is 3. The van der Waals surface area contributed by atoms with Crippen LogP contribution in [0, 0.1) is 19.0 Å². The molecule has 0 amide bonds. The van der Waals surface area contributed by atoms with E-state index in [1.807, 2.05) is 18.2 Å². The number of aryl methyl sites for hydroxylation is 1. The third kappa shape index (κ3) is 2.36. The van der Waals surface area contributed by atoms with Gasteiger partial charge in [0, 0.05) is 12.6 Å². The number of nitrogens with zero attached hydrogens (tertiary/aromatic N) is 3. The molecule has 22 heavy (non-hydrogen) atoms. The molecule has 3 rings (SSSR count). The summed E-state index contributed by atoms with van der Waals surface area (Å²) >= 11 is 0. The monoisotopic (exact) mass is 308 g/mol. The fourth-order valence-corrected chi connectivity index (χ4v) is 3.28. The van der Waals surface area contributed by atoms with E-state index in [-0.39, 0.29) is 11.6 Å². The minimum atomic E-state index is -4.45. The van der Waals surface area contributed by atoms with E-state index in [1.54, 1.807) is 12.1 Å². The Morgan fingerprint density at radius 2 is 2.00 bits per heavy atom. The SMILES string of the molecule is Cc1[c]n(N(C)C2c3ccccc3CC2C)nc1C(F)(F)F. The van der Waals surface area contributed by atoms with Crippen molar-refractivity contribution in [2.75, 3.05) is 12.1 Å². The highest BCUT2D eigenvalue weighted by molar-refractivity contribution is 5.37. The zero-order chi connectivity index (χ0) is 16.1. The number of rotatable bonds is 2. The normalized spacial score (nSPS) is 21.0. The summed E-state index contributed by atoms with van der Waals surface area (Å²) < 4.78 is 38.7. The van der Waals surface area contributed by atoms with Gasteiger partial charge in [0.1, 0.15) is 6.20 Å². The van der Waals surface area contributed by atoms with Crippen molar-refractivity contribution < 1.29 is 13.2 Å². The van der Waals surface area contributed by atoms with Gasteiger partial charge < -0.3 is 0 Å². The van der Waals surface area contributed by atoms with Gasteiger partial charge in [0.2, 0.25) is 0 Å². The molecule has 1 heterocycles. The fourth-order valence-electron chi connectivity index (χ4n) is 3.28. The molecule has 1 aromatic heterocycles. The first-order valence-electron chi connectivity index (χ1n) is 7.16. The van der Waals surface area contributed by atoms with Gasteiger partial charge in [-0.3, -0.25) is 5.01 Å². The number of benzene rings is 1. The molecule has 0 saturated heterocycles. The predicted molar refractivity (Wildman–Crippen MR) is 77.0 cm³/mol. The molecule has 2 atom stereocenters. The molecule has 2 unspecified atom stereocenters. The second-order valence-corrected chi connectivity index (χ2v) is 5.87. The summed E-state index contributed by atoms with van der Waals surface area (Å²) in [6.45, 7) is 3.48. The van der Waals surface area contributed by atoms with Gasteiger partial charge in [-0.15, -0.1) is 5.10 Å². The van der Waals surface area contributed by atoms with Gasteiger partial charge in [0.15, 0.2) is 5.69 Å². The molecule has 1 aromatic carbocycles. The predicted octanol–water partition coefficient (Wildman–Crippen LogP) is 3.51. The molecule has 0 fully saturated rings. The first kappa shape index (κ1) is 14.9. The third-order valence-electron chi connectivity index (χ3n) is 4.24. The maximum atomic E-state index is 12.9. The van der Waals surface area contributed by atoms with Crippen LogP contribution in [0.4, 0.5) is 13.2 Å². The number of fused-ring (bicyclic) bond motifs is 1. The lowest BCUT2D eigenvalue weighted by molar-refractivity contribution is -0.141. The van der Waals surface area contributed by atoms with Crippen LogP contribution in [0.3, 0.4) is 0 Å². The lowest BCUT2D eigenvalue weighted by atomic mass is 10.0. The summed E-state index contributed by atoms with van der Waals surface area (Å²) in [5.41, 5.74) is 1.52. The van der Waals surface area contributed by atoms with E-state index in [1.165, 1.54) is 17.3 Å². The quantitative estimate of drug-likeness (QED) is 0.846. The number of hydrogen-bond donors (Lipinski definition) is 0. The van der Waals surface area contributed by atoms with Crippen molar-refractivity contribution in [3.8, 4) is 0 Å². The molecule has 1 aliphatic rings. The standard InChI is InChI=1S/C16H17F3N3/c1-10-8-12-6-4-5-7-13(12)14(10)21(3)22-9-11(2)15(20-22)16(17,18)19/h4-7,10,14H,8H2,1-3H3. The Morgan fingerprint density at radius 3 is 2.64 bits per heavy atom. The highest BCUT2D eigenvalue weighted by Gasteiger charge is 2.38. The molecule has 1 aliphatic carbocycles. The molecule has 2 aromatic rings. The minimum absolute atomic E-state index is 0.00664. The fraction of sp³-hybridized carbons (Fsp3) is 0.438. The van der Waals surface area contributed by atoms with Gasteiger partial charge in [-0.1, -0.05) is 31.2 Å². The van der Waals surface area contributed by atoms with Crippen molar-refractivity contribution >= 4 is 0 Å². The molecule has 6 heteroatoms. The van der Waals surface area contributed by atoms with Crippen LogP contribution in [0.5, 0.6) is 0 Å². The van der Waals surface area contributed by atoms with Crippen molar-refractivity contribution in [3.63, 3.8) is 0 Å². The van der Waals surface area contributed by atoms with Gasteiger partial charge >= 0.3 is 6.18 Å². The summed E-state index contributed by atoms with van der Waals surface area (Å²) in [4.78, 5) is 1.20. The van der Waals surface area contributed by atoms with E-state index in [0.717, 1.165) is 12.0 Å². The van der Waals surface area contributed by atoms with Crippen LogP contribution in [0.2, 0.25) is 0 Å². The number of aromatic nitrogens is 2. The van der Waals surface area contributed by atoms with E-state index in [2.05, 4.69) is 24.3 Å². The maximum absolute atomic E-state index is 12.9. The highest BCUT2D eigenvalue weighted by atomic mass is 19.4. The van der Waals surface area contributed by atoms with Crippen LogP contribution in [-0.2, 0) is 12.6 Å². The van der Waals surface area contributed by atoms with Gasteiger partial charge in [-0.05, 0) is 30.4 Å². The maximum Gasteiger partial charge on any atom is 0.435 e. The van der Waals surface area contributed by atoms with Crippen LogP contribution in [0.25, 0.3) is 0 Å². The molecule has 117 valence electrons. The number of hydrogen-bond acceptors (Lipinski definition) is 2. The molecular formula is C16H17F3N3. The summed E-state index contributed by atoms with van der Waals surface area (Å²) in [6.07, 6.45) is -0.848. The van der Waals surface area contributed by atoms with Crippen LogP contribution in [0.15, 0.2) is 24.3 Å². The Hall–Kier alpha value is -1.98. The Morgan fingerprint density at radius 1 is 1.32 bits per heavy atom. The molecule has 3 nitrogen and oxygen atoms in total. The van der Waals surface area contributed by atoms with Gasteiger partial charge in [0.05, 0.1) is 6.04 Å². The van der Waals surface area contributed by atoms with E-state index in [4.69, 9.17) is 0 Å². The smallest absolute Gasteiger partial charge is 0.292 e. The minimum Gasteiger partial charge on any atom is -0.292 e. The molecule has 0 spiro atoms. The molecule has 0 bridgehead atoms. The van der Waals surface area contributed by atoms with Crippen molar-refractivity contribution in [2.45, 2.75) is 32.5 Å². The average molecular weight is 308 g/mol. The van der Waals surface area contributed by atoms with Gasteiger partial charge in [0.25, 0.3) is 0 Å². The second-order valence-electron chi connectivity index (χ2n) is 5.87. The van der Waals surface area contributed by atoms with E-state index < -0.39 is 11.9 Å². The van der Waals surface area contributed by atoms with E-state index in [9.17, 15) is 13.2 Å². The molecule has 1 radical (unpaired) electrons. The molecule has 0 aliphatic heterocycles. The largest absolute Gasteiger partial charge is 0.435 e. The summed E-state index contributed by atoms with van der Waals surface area (Å²) in [5.74, 6) is 0.301. The van der Waals surface area contributed by atoms with Gasteiger partial charge in [-0.2, -0.15) is 18.0 Å². The van der Waals surface area contributed by atoms with Crippen molar-refractivity contribution in [1.82, 2.24) is 9.89 Å². The molecular weight excluding hydrogens is 291 g/mol. The van der Waals surface area contributed by atoms with Crippen LogP contribution >= 0.6 is 0 Å². The van der Waals surface area contributed by atoms with Crippen molar-refractivity contribution in [2.24, 2.45) is 5.92 Å². The van der Waals surface area contributed by atoms with Gasteiger partial charge in [-0.25, -0.2) is 0 Å². The summed E-state index contributed by atoms with van der Waals surface area (Å²) in [6, 6.07) is 8.03. The second kappa shape index (κ2) is 5.04. The third-order valence-corrected chi connectivity index (χ3v) is 4.24.